The van der Waals surface area contributed by atoms with Crippen LogP contribution in [0.5, 0.6) is 0 Å². The minimum Gasteiger partial charge on any atom is -0.384 e. The molecule has 0 amide bonds. The van der Waals surface area contributed by atoms with Crippen LogP contribution in [0.15, 0.2) is 18.6 Å². The van der Waals surface area contributed by atoms with Crippen molar-refractivity contribution in [2.24, 2.45) is 0 Å². The molecule has 0 spiro atoms. The minimum atomic E-state index is -0.282. The summed E-state index contributed by atoms with van der Waals surface area (Å²) in [5.74, 6) is 1.36. The van der Waals surface area contributed by atoms with Gasteiger partial charge in [0, 0.05) is 25.3 Å². The quantitative estimate of drug-likeness (QED) is 0.874. The van der Waals surface area contributed by atoms with Gasteiger partial charge in [-0.05, 0) is 38.8 Å². The minimum absolute atomic E-state index is 0.282. The summed E-state index contributed by atoms with van der Waals surface area (Å²) < 4.78 is 14.6. The van der Waals surface area contributed by atoms with Crippen LogP contribution in [0.1, 0.15) is 37.7 Å². The van der Waals surface area contributed by atoms with Crippen LogP contribution in [0.3, 0.4) is 0 Å². The van der Waals surface area contributed by atoms with Crippen LogP contribution in [0.4, 0.5) is 16.0 Å². The molecular weight excluding hydrogens is 333 g/mol. The average molecular weight is 359 g/mol. The number of halogens is 1. The van der Waals surface area contributed by atoms with Gasteiger partial charge in [0.25, 0.3) is 0 Å². The molecule has 0 aromatic carbocycles. The van der Waals surface area contributed by atoms with Crippen molar-refractivity contribution >= 4 is 11.6 Å². The number of hydrogen-bond acceptors (Lipinski definition) is 7. The lowest BCUT2D eigenvalue weighted by molar-refractivity contribution is 0.212. The Morgan fingerprint density at radius 1 is 1.27 bits per heavy atom. The fourth-order valence-corrected chi connectivity index (χ4v) is 3.44. The van der Waals surface area contributed by atoms with Crippen LogP contribution >= 0.6 is 0 Å². The molecule has 2 N–H and O–H groups in total. The van der Waals surface area contributed by atoms with Gasteiger partial charge in [-0.15, -0.1) is 0 Å². The number of nitrogens with two attached hydrogens (primary N) is 1. The van der Waals surface area contributed by atoms with E-state index in [1.165, 1.54) is 6.33 Å². The number of rotatable bonds is 5. The first kappa shape index (κ1) is 18.4. The summed E-state index contributed by atoms with van der Waals surface area (Å²) >= 11 is 0. The molecule has 3 rings (SSSR count). The van der Waals surface area contributed by atoms with E-state index in [2.05, 4.69) is 31.9 Å². The predicted octanol–water partition coefficient (Wildman–Crippen LogP) is 2.04. The van der Waals surface area contributed by atoms with Crippen LogP contribution in [-0.4, -0.2) is 51.0 Å². The zero-order valence-electron chi connectivity index (χ0n) is 15.4. The maximum absolute atomic E-state index is 14.6. The third-order valence-corrected chi connectivity index (χ3v) is 4.92. The number of anilines is 2. The fraction of sp³-hybridized carbons (Fsp3) is 0.556. The Hall–Kier alpha value is -2.35. The van der Waals surface area contributed by atoms with Gasteiger partial charge >= 0.3 is 0 Å². The van der Waals surface area contributed by atoms with Gasteiger partial charge in [-0.3, -0.25) is 4.90 Å². The predicted molar refractivity (Wildman–Crippen MR) is 99.1 cm³/mol. The monoisotopic (exact) mass is 359 g/mol. The van der Waals surface area contributed by atoms with Crippen molar-refractivity contribution < 1.29 is 4.39 Å². The summed E-state index contributed by atoms with van der Waals surface area (Å²) in [4.78, 5) is 21.1. The number of aryl methyl sites for hydroxylation is 1. The Morgan fingerprint density at radius 2 is 2.12 bits per heavy atom. The Kier molecular flexibility index (Phi) is 5.92. The van der Waals surface area contributed by atoms with Crippen molar-refractivity contribution in [3.63, 3.8) is 0 Å². The van der Waals surface area contributed by atoms with E-state index in [9.17, 15) is 4.39 Å². The summed E-state index contributed by atoms with van der Waals surface area (Å²) in [7, 11) is 2.08. The maximum atomic E-state index is 14.6. The highest BCUT2D eigenvalue weighted by Crippen LogP contribution is 2.24. The van der Waals surface area contributed by atoms with Gasteiger partial charge in [0.15, 0.2) is 11.6 Å². The maximum Gasteiger partial charge on any atom is 0.187 e. The van der Waals surface area contributed by atoms with Crippen molar-refractivity contribution in [1.29, 1.82) is 0 Å². The molecule has 8 heteroatoms. The second-order valence-corrected chi connectivity index (χ2v) is 6.70. The van der Waals surface area contributed by atoms with E-state index in [0.29, 0.717) is 36.3 Å². The summed E-state index contributed by atoms with van der Waals surface area (Å²) in [5.41, 5.74) is 6.21. The lowest BCUT2D eigenvalue weighted by Gasteiger charge is -2.27. The van der Waals surface area contributed by atoms with Crippen molar-refractivity contribution in [3.8, 4) is 0 Å². The molecule has 0 saturated carbocycles. The average Bonchev–Trinajstić information content (AvgIpc) is 2.88. The zero-order chi connectivity index (χ0) is 18.5. The molecule has 1 atom stereocenters. The molecule has 1 aliphatic rings. The van der Waals surface area contributed by atoms with Crippen molar-refractivity contribution in [1.82, 2.24) is 24.8 Å². The SMILES string of the molecule is CCc1ncnc(N2CCCC(N(C)Cc3nccc(N)n3)CC2)c1F. The molecule has 1 saturated heterocycles. The van der Waals surface area contributed by atoms with Crippen molar-refractivity contribution in [2.75, 3.05) is 30.8 Å². The van der Waals surface area contributed by atoms with E-state index in [-0.39, 0.29) is 5.82 Å². The molecule has 2 aromatic heterocycles. The zero-order valence-corrected chi connectivity index (χ0v) is 15.4. The second-order valence-electron chi connectivity index (χ2n) is 6.70. The van der Waals surface area contributed by atoms with Gasteiger partial charge < -0.3 is 10.6 Å². The molecule has 0 bridgehead atoms. The molecule has 1 unspecified atom stereocenters. The number of hydrogen-bond donors (Lipinski definition) is 1. The lowest BCUT2D eigenvalue weighted by atomic mass is 10.1. The number of aromatic nitrogens is 4. The van der Waals surface area contributed by atoms with E-state index in [1.54, 1.807) is 12.3 Å². The second kappa shape index (κ2) is 8.35. The molecule has 2 aromatic rings. The molecule has 7 nitrogen and oxygen atoms in total. The van der Waals surface area contributed by atoms with Crippen molar-refractivity contribution in [2.45, 2.75) is 45.2 Å². The topological polar surface area (TPSA) is 84.1 Å². The van der Waals surface area contributed by atoms with Gasteiger partial charge in [-0.1, -0.05) is 6.92 Å². The number of nitrogens with zero attached hydrogens (tertiary/aromatic N) is 6. The van der Waals surface area contributed by atoms with Crippen LogP contribution in [-0.2, 0) is 13.0 Å². The highest BCUT2D eigenvalue weighted by molar-refractivity contribution is 5.41. The third-order valence-electron chi connectivity index (χ3n) is 4.92. The lowest BCUT2D eigenvalue weighted by Crippen LogP contribution is -2.33. The first-order chi connectivity index (χ1) is 12.6. The summed E-state index contributed by atoms with van der Waals surface area (Å²) in [5, 5.41) is 0. The van der Waals surface area contributed by atoms with E-state index in [1.807, 2.05) is 11.8 Å². The van der Waals surface area contributed by atoms with Gasteiger partial charge in [0.2, 0.25) is 0 Å². The van der Waals surface area contributed by atoms with E-state index < -0.39 is 0 Å². The number of nitrogen functional groups attached to an aromatic ring is 1. The first-order valence-corrected chi connectivity index (χ1v) is 9.10. The van der Waals surface area contributed by atoms with Crippen LogP contribution in [0, 0.1) is 5.82 Å². The van der Waals surface area contributed by atoms with E-state index >= 15 is 0 Å². The molecule has 1 aliphatic heterocycles. The Labute approximate surface area is 153 Å². The van der Waals surface area contributed by atoms with Crippen molar-refractivity contribution in [3.05, 3.63) is 35.9 Å². The molecular formula is C18H26FN7. The fourth-order valence-electron chi connectivity index (χ4n) is 3.44. The Bertz CT molecular complexity index is 739. The largest absolute Gasteiger partial charge is 0.384 e. The summed E-state index contributed by atoms with van der Waals surface area (Å²) in [6.45, 7) is 4.12. The molecule has 0 aliphatic carbocycles. The Balaban J connectivity index is 1.64. The highest BCUT2D eigenvalue weighted by atomic mass is 19.1. The molecule has 140 valence electrons. The van der Waals surface area contributed by atoms with Gasteiger partial charge in [0.1, 0.15) is 18.0 Å². The van der Waals surface area contributed by atoms with Gasteiger partial charge in [0.05, 0.1) is 12.2 Å². The van der Waals surface area contributed by atoms with Crippen LogP contribution in [0.25, 0.3) is 0 Å². The first-order valence-electron chi connectivity index (χ1n) is 9.10. The van der Waals surface area contributed by atoms with Gasteiger partial charge in [-0.25, -0.2) is 24.3 Å². The molecule has 0 radical (unpaired) electrons. The molecule has 1 fully saturated rings. The smallest absolute Gasteiger partial charge is 0.187 e. The van der Waals surface area contributed by atoms with Crippen LogP contribution in [0.2, 0.25) is 0 Å². The van der Waals surface area contributed by atoms with Crippen LogP contribution < -0.4 is 10.6 Å². The third kappa shape index (κ3) is 4.24. The molecule has 26 heavy (non-hydrogen) atoms. The summed E-state index contributed by atoms with van der Waals surface area (Å²) in [6, 6.07) is 2.08. The standard InChI is InChI=1S/C18H26FN7/c1-3-14-17(19)18(23-12-22-14)26-9-4-5-13(7-10-26)25(2)11-16-21-8-6-15(20)24-16/h6,8,12-13H,3-5,7,9-11H2,1-2H3,(H2,20,21,24). The van der Waals surface area contributed by atoms with E-state index in [4.69, 9.17) is 5.73 Å². The highest BCUT2D eigenvalue weighted by Gasteiger charge is 2.24. The Morgan fingerprint density at radius 3 is 2.88 bits per heavy atom. The normalized spacial score (nSPS) is 18.2. The van der Waals surface area contributed by atoms with Gasteiger partial charge in [-0.2, -0.15) is 0 Å². The summed E-state index contributed by atoms with van der Waals surface area (Å²) in [6.07, 6.45) is 6.68. The van der Waals surface area contributed by atoms with E-state index in [0.717, 1.165) is 38.2 Å². The molecule has 3 heterocycles.